The lowest BCUT2D eigenvalue weighted by Crippen LogP contribution is -2.48. The van der Waals surface area contributed by atoms with Crippen LogP contribution in [0.4, 0.5) is 0 Å². The van der Waals surface area contributed by atoms with Crippen molar-refractivity contribution in [3.05, 3.63) is 70.2 Å². The summed E-state index contributed by atoms with van der Waals surface area (Å²) in [7, 11) is 1.83. The number of amides is 1. The summed E-state index contributed by atoms with van der Waals surface area (Å²) in [4.78, 5) is 30.0. The van der Waals surface area contributed by atoms with E-state index in [0.717, 1.165) is 47.6 Å². The van der Waals surface area contributed by atoms with Crippen molar-refractivity contribution in [2.75, 3.05) is 33.0 Å². The largest absolute Gasteiger partial charge is 0.454 e. The fourth-order valence-electron chi connectivity index (χ4n) is 4.76. The molecule has 0 bridgehead atoms. The average molecular weight is 445 g/mol. The van der Waals surface area contributed by atoms with Crippen LogP contribution in [-0.4, -0.2) is 53.2 Å². The van der Waals surface area contributed by atoms with Crippen molar-refractivity contribution in [2.45, 2.75) is 6.54 Å². The Balaban J connectivity index is 1.20. The van der Waals surface area contributed by atoms with Crippen LogP contribution in [0.3, 0.4) is 0 Å². The third-order valence-corrected chi connectivity index (χ3v) is 6.52. The number of carbonyl (C=O) groups is 1. The van der Waals surface area contributed by atoms with E-state index in [9.17, 15) is 9.59 Å². The van der Waals surface area contributed by atoms with Crippen LogP contribution in [0, 0.1) is 0 Å². The van der Waals surface area contributed by atoms with Crippen molar-refractivity contribution in [3.8, 4) is 11.5 Å². The number of nitrogens with zero attached hydrogens (tertiary/aromatic N) is 3. The van der Waals surface area contributed by atoms with E-state index in [0.29, 0.717) is 29.8 Å². The van der Waals surface area contributed by atoms with Gasteiger partial charge in [-0.25, -0.2) is 4.79 Å². The molecular weight excluding hydrogens is 422 g/mol. The molecule has 0 N–H and O–H groups in total. The monoisotopic (exact) mass is 445 g/mol. The molecule has 2 aliphatic heterocycles. The van der Waals surface area contributed by atoms with Crippen LogP contribution < -0.4 is 15.1 Å². The highest BCUT2D eigenvalue weighted by Crippen LogP contribution is 2.33. The molecule has 0 saturated carbocycles. The zero-order valence-corrected chi connectivity index (χ0v) is 18.2. The van der Waals surface area contributed by atoms with Crippen molar-refractivity contribution in [3.63, 3.8) is 0 Å². The van der Waals surface area contributed by atoms with Gasteiger partial charge in [0.2, 0.25) is 6.79 Å². The number of fused-ring (bicyclic) bond motifs is 4. The molecule has 1 amide bonds. The lowest BCUT2D eigenvalue weighted by Gasteiger charge is -2.34. The Bertz CT molecular complexity index is 1450. The highest BCUT2D eigenvalue weighted by molar-refractivity contribution is 6.07. The molecule has 2 aliphatic rings. The van der Waals surface area contributed by atoms with Gasteiger partial charge in [0.05, 0.1) is 10.9 Å². The van der Waals surface area contributed by atoms with E-state index in [1.54, 1.807) is 12.1 Å². The first-order chi connectivity index (χ1) is 16.1. The van der Waals surface area contributed by atoms with E-state index in [4.69, 9.17) is 13.9 Å². The Morgan fingerprint density at radius 1 is 0.939 bits per heavy atom. The Morgan fingerprint density at radius 2 is 1.73 bits per heavy atom. The summed E-state index contributed by atoms with van der Waals surface area (Å²) in [5.41, 5.74) is 2.48. The number of rotatable bonds is 3. The number of para-hydroxylation sites is 1. The van der Waals surface area contributed by atoms with Crippen LogP contribution >= 0.6 is 0 Å². The predicted octanol–water partition coefficient (Wildman–Crippen LogP) is 2.97. The van der Waals surface area contributed by atoms with Gasteiger partial charge in [-0.2, -0.15) is 0 Å². The van der Waals surface area contributed by atoms with Gasteiger partial charge < -0.3 is 23.4 Å². The molecule has 2 aromatic heterocycles. The van der Waals surface area contributed by atoms with Gasteiger partial charge in [-0.15, -0.1) is 0 Å². The smallest absolute Gasteiger partial charge is 0.345 e. The Labute approximate surface area is 189 Å². The van der Waals surface area contributed by atoms with Crippen LogP contribution in [0.25, 0.3) is 21.9 Å². The topological polar surface area (TPSA) is 77.2 Å². The summed E-state index contributed by atoms with van der Waals surface area (Å²) < 4.78 is 18.1. The first kappa shape index (κ1) is 19.9. The lowest BCUT2D eigenvalue weighted by atomic mass is 10.1. The van der Waals surface area contributed by atoms with Crippen molar-refractivity contribution >= 4 is 27.8 Å². The normalized spacial score (nSPS) is 16.1. The van der Waals surface area contributed by atoms with Crippen LogP contribution in [-0.2, 0) is 13.6 Å². The summed E-state index contributed by atoms with van der Waals surface area (Å²) in [6.07, 6.45) is 0. The number of benzene rings is 2. The maximum absolute atomic E-state index is 13.4. The van der Waals surface area contributed by atoms with E-state index in [1.807, 2.05) is 46.8 Å². The van der Waals surface area contributed by atoms with Crippen molar-refractivity contribution < 1.29 is 18.7 Å². The standard InChI is InChI=1S/C25H23N3O5/c1-26-19(13-18-23(26)17-4-2-3-5-20(17)33-25(18)30)24(29)28-10-8-27(9-11-28)14-16-6-7-21-22(12-16)32-15-31-21/h2-7,12-13H,8-11,14-15H2,1H3. The maximum atomic E-state index is 13.4. The second-order valence-electron chi connectivity index (χ2n) is 8.49. The number of hydrogen-bond donors (Lipinski definition) is 0. The molecule has 8 heteroatoms. The number of ether oxygens (including phenoxy) is 2. The van der Waals surface area contributed by atoms with Gasteiger partial charge in [-0.3, -0.25) is 9.69 Å². The Hall–Kier alpha value is -3.78. The van der Waals surface area contributed by atoms with Gasteiger partial charge in [-0.05, 0) is 35.9 Å². The predicted molar refractivity (Wildman–Crippen MR) is 123 cm³/mol. The summed E-state index contributed by atoms with van der Waals surface area (Å²) >= 11 is 0. The molecule has 4 aromatic rings. The summed E-state index contributed by atoms with van der Waals surface area (Å²) in [5, 5.41) is 1.25. The third kappa shape index (κ3) is 3.34. The molecule has 0 atom stereocenters. The number of carbonyl (C=O) groups excluding carboxylic acids is 1. The van der Waals surface area contributed by atoms with E-state index < -0.39 is 5.63 Å². The van der Waals surface area contributed by atoms with Crippen LogP contribution in [0.2, 0.25) is 0 Å². The molecule has 0 spiro atoms. The molecule has 0 aliphatic carbocycles. The Kier molecular flexibility index (Phi) is 4.62. The van der Waals surface area contributed by atoms with E-state index in [-0.39, 0.29) is 12.7 Å². The van der Waals surface area contributed by atoms with Gasteiger partial charge in [0, 0.05) is 45.2 Å². The molecule has 33 heavy (non-hydrogen) atoms. The van der Waals surface area contributed by atoms with Gasteiger partial charge in [-0.1, -0.05) is 18.2 Å². The zero-order valence-electron chi connectivity index (χ0n) is 18.2. The molecule has 1 fully saturated rings. The first-order valence-corrected chi connectivity index (χ1v) is 11.0. The molecule has 1 saturated heterocycles. The van der Waals surface area contributed by atoms with E-state index in [1.165, 1.54) is 0 Å². The number of hydrogen-bond acceptors (Lipinski definition) is 6. The summed E-state index contributed by atoms with van der Waals surface area (Å²) in [6.45, 7) is 3.86. The van der Waals surface area contributed by atoms with Gasteiger partial charge in [0.15, 0.2) is 11.5 Å². The zero-order chi connectivity index (χ0) is 22.5. The van der Waals surface area contributed by atoms with E-state index >= 15 is 0 Å². The van der Waals surface area contributed by atoms with Crippen LogP contribution in [0.1, 0.15) is 16.1 Å². The lowest BCUT2D eigenvalue weighted by molar-refractivity contribution is 0.0619. The fourth-order valence-corrected chi connectivity index (χ4v) is 4.76. The Morgan fingerprint density at radius 3 is 2.58 bits per heavy atom. The molecule has 8 nitrogen and oxygen atoms in total. The van der Waals surface area contributed by atoms with E-state index in [2.05, 4.69) is 11.0 Å². The quantitative estimate of drug-likeness (QED) is 0.452. The first-order valence-electron chi connectivity index (χ1n) is 11.0. The molecule has 6 rings (SSSR count). The summed E-state index contributed by atoms with van der Waals surface area (Å²) in [5.74, 6) is 1.50. The fraction of sp³-hybridized carbons (Fsp3) is 0.280. The highest BCUT2D eigenvalue weighted by Gasteiger charge is 2.26. The van der Waals surface area contributed by atoms with Crippen molar-refractivity contribution in [1.82, 2.24) is 14.4 Å². The molecular formula is C25H23N3O5. The highest BCUT2D eigenvalue weighted by atomic mass is 16.7. The maximum Gasteiger partial charge on any atom is 0.345 e. The number of aryl methyl sites for hydroxylation is 1. The third-order valence-electron chi connectivity index (χ3n) is 6.52. The minimum atomic E-state index is -0.424. The molecule has 168 valence electrons. The number of aromatic nitrogens is 1. The molecule has 4 heterocycles. The van der Waals surface area contributed by atoms with Gasteiger partial charge >= 0.3 is 5.63 Å². The minimum Gasteiger partial charge on any atom is -0.454 e. The molecule has 2 aromatic carbocycles. The van der Waals surface area contributed by atoms with Gasteiger partial charge in [0.1, 0.15) is 11.3 Å². The molecule has 0 unspecified atom stereocenters. The van der Waals surface area contributed by atoms with Crippen LogP contribution in [0.5, 0.6) is 11.5 Å². The van der Waals surface area contributed by atoms with Crippen molar-refractivity contribution in [2.24, 2.45) is 7.05 Å². The summed E-state index contributed by atoms with van der Waals surface area (Å²) in [6, 6.07) is 15.1. The van der Waals surface area contributed by atoms with Crippen LogP contribution in [0.15, 0.2) is 57.7 Å². The molecule has 0 radical (unpaired) electrons. The SMILES string of the molecule is Cn1c(C(=O)N2CCN(Cc3ccc4c(c3)OCO4)CC2)cc2c(=O)oc3ccccc3c21. The number of piperazine rings is 1. The van der Waals surface area contributed by atoms with Crippen molar-refractivity contribution in [1.29, 1.82) is 0 Å². The second-order valence-corrected chi connectivity index (χ2v) is 8.49. The second kappa shape index (κ2) is 7.67. The minimum absolute atomic E-state index is 0.0695. The average Bonchev–Trinajstić information content (AvgIpc) is 3.44. The van der Waals surface area contributed by atoms with Gasteiger partial charge in [0.25, 0.3) is 5.91 Å².